The smallest absolute Gasteiger partial charge is 0.408 e. The highest BCUT2D eigenvalue weighted by molar-refractivity contribution is 5.73. The van der Waals surface area contributed by atoms with Gasteiger partial charge in [0, 0.05) is 22.9 Å². The van der Waals surface area contributed by atoms with E-state index in [1.165, 1.54) is 11.1 Å². The van der Waals surface area contributed by atoms with Crippen molar-refractivity contribution in [1.82, 2.24) is 10.6 Å². The molecule has 2 N–H and O–H groups in total. The molecule has 1 heterocycles. The van der Waals surface area contributed by atoms with E-state index in [1.807, 2.05) is 19.9 Å². The van der Waals surface area contributed by atoms with Gasteiger partial charge in [0.25, 0.3) is 0 Å². The number of fused-ring (bicyclic) bond motifs is 3. The number of ether oxygens (including phenoxy) is 1. The molecule has 1 aliphatic heterocycles. The van der Waals surface area contributed by atoms with Crippen LogP contribution < -0.4 is 10.6 Å². The van der Waals surface area contributed by atoms with Gasteiger partial charge in [-0.05, 0) is 44.3 Å². The van der Waals surface area contributed by atoms with Gasteiger partial charge in [-0.3, -0.25) is 0 Å². The topological polar surface area (TPSA) is 50.4 Å². The zero-order valence-electron chi connectivity index (χ0n) is 15.6. The van der Waals surface area contributed by atoms with E-state index in [4.69, 9.17) is 4.74 Å². The number of allylic oxidation sites excluding steroid dienone is 4. The van der Waals surface area contributed by atoms with Crippen LogP contribution in [0.3, 0.4) is 0 Å². The summed E-state index contributed by atoms with van der Waals surface area (Å²) in [5.41, 5.74) is 5.17. The molecule has 3 aliphatic rings. The normalized spacial score (nSPS) is 29.3. The lowest BCUT2D eigenvalue weighted by molar-refractivity contribution is 0.124. The van der Waals surface area contributed by atoms with Gasteiger partial charge >= 0.3 is 6.09 Å². The first-order valence-corrected chi connectivity index (χ1v) is 9.02. The Labute approximate surface area is 150 Å². The van der Waals surface area contributed by atoms with E-state index in [1.54, 1.807) is 0 Å². The number of alkyl carbamates (subject to hydrolysis) is 1. The number of hydrogen-bond acceptors (Lipinski definition) is 3. The Bertz CT molecular complexity index is 724. The molecule has 134 valence electrons. The molecule has 0 aromatic carbocycles. The second-order valence-electron chi connectivity index (χ2n) is 7.64. The van der Waals surface area contributed by atoms with E-state index >= 15 is 0 Å². The van der Waals surface area contributed by atoms with Crippen molar-refractivity contribution in [2.45, 2.75) is 46.1 Å². The summed E-state index contributed by atoms with van der Waals surface area (Å²) in [4.78, 5) is 12.6. The van der Waals surface area contributed by atoms with E-state index in [-0.39, 0.29) is 12.0 Å². The van der Waals surface area contributed by atoms with Gasteiger partial charge in [0.1, 0.15) is 0 Å². The van der Waals surface area contributed by atoms with E-state index in [0.29, 0.717) is 12.5 Å². The van der Waals surface area contributed by atoms with Gasteiger partial charge in [-0.25, -0.2) is 4.79 Å². The molecule has 0 spiro atoms. The lowest BCUT2D eigenvalue weighted by Gasteiger charge is -2.49. The molecule has 2 bridgehead atoms. The summed E-state index contributed by atoms with van der Waals surface area (Å²) in [6, 6.07) is 0. The second kappa shape index (κ2) is 6.58. The van der Waals surface area contributed by atoms with Crippen molar-refractivity contribution >= 4 is 6.09 Å². The van der Waals surface area contributed by atoms with Gasteiger partial charge in [0.15, 0.2) is 0 Å². The number of carbonyl (C=O) groups excluding carboxylic acids is 1. The Morgan fingerprint density at radius 3 is 2.96 bits per heavy atom. The van der Waals surface area contributed by atoms with Gasteiger partial charge in [0.05, 0.1) is 12.1 Å². The highest BCUT2D eigenvalue weighted by Gasteiger charge is 2.49. The molecule has 0 aromatic rings. The molecule has 1 amide bonds. The number of dihydropyridines is 1. The molecule has 4 nitrogen and oxygen atoms in total. The molecule has 2 atom stereocenters. The zero-order chi connectivity index (χ0) is 18.2. The molecule has 4 heteroatoms. The Morgan fingerprint density at radius 1 is 1.52 bits per heavy atom. The predicted molar refractivity (Wildman–Crippen MR) is 101 cm³/mol. The van der Waals surface area contributed by atoms with Crippen molar-refractivity contribution in [2.24, 2.45) is 11.8 Å². The highest BCUT2D eigenvalue weighted by Crippen LogP contribution is 2.49. The van der Waals surface area contributed by atoms with Crippen molar-refractivity contribution in [1.29, 1.82) is 0 Å². The third-order valence-electron chi connectivity index (χ3n) is 5.07. The Hall–Kier alpha value is -2.23. The third kappa shape index (κ3) is 3.17. The largest absolute Gasteiger partial charge is 0.449 e. The van der Waals surface area contributed by atoms with Gasteiger partial charge < -0.3 is 15.4 Å². The zero-order valence-corrected chi connectivity index (χ0v) is 15.6. The Balaban J connectivity index is 2.01. The van der Waals surface area contributed by atoms with Gasteiger partial charge in [-0.2, -0.15) is 0 Å². The average Bonchev–Trinajstić information content (AvgIpc) is 2.51. The molecule has 25 heavy (non-hydrogen) atoms. The Morgan fingerprint density at radius 2 is 2.28 bits per heavy atom. The summed E-state index contributed by atoms with van der Waals surface area (Å²) >= 11 is 0. The van der Waals surface area contributed by atoms with Gasteiger partial charge in [0.2, 0.25) is 0 Å². The number of hydrogen-bond donors (Lipinski definition) is 2. The second-order valence-corrected chi connectivity index (χ2v) is 7.64. The molecule has 3 rings (SSSR count). The SMILES string of the molecule is C=C1C=CC2=C(CC3C=C(C)CC2(NC(=O)OCC(C)C)/C3=C/C)N1. The van der Waals surface area contributed by atoms with Crippen molar-refractivity contribution in [3.63, 3.8) is 0 Å². The average molecular weight is 340 g/mol. The van der Waals surface area contributed by atoms with E-state index in [0.717, 1.165) is 29.8 Å². The standard InChI is InChI=1S/C21H28N2O2/c1-6-17-16-9-14(4)11-21(17,23-20(24)25-12-13(2)3)18-8-7-15(5)22-19(18)10-16/h6-9,13,16,22H,5,10-12H2,1-4H3,(H,23,24)/b17-6+. The maximum absolute atomic E-state index is 12.6. The summed E-state index contributed by atoms with van der Waals surface area (Å²) in [6.45, 7) is 12.7. The number of amides is 1. The van der Waals surface area contributed by atoms with Crippen LogP contribution in [0.1, 0.15) is 40.5 Å². The minimum atomic E-state index is -0.538. The fourth-order valence-corrected chi connectivity index (χ4v) is 4.21. The first kappa shape index (κ1) is 17.6. The molecule has 0 saturated heterocycles. The molecular weight excluding hydrogens is 312 g/mol. The summed E-state index contributed by atoms with van der Waals surface area (Å²) in [5, 5.41) is 6.62. The van der Waals surface area contributed by atoms with Crippen LogP contribution in [0.4, 0.5) is 4.79 Å². The van der Waals surface area contributed by atoms with Crippen LogP contribution >= 0.6 is 0 Å². The number of carbonyl (C=O) groups is 1. The first-order chi connectivity index (χ1) is 11.9. The van der Waals surface area contributed by atoms with E-state index in [2.05, 4.69) is 49.3 Å². The number of rotatable bonds is 3. The predicted octanol–water partition coefficient (Wildman–Crippen LogP) is 4.35. The molecule has 2 aliphatic carbocycles. The fraction of sp³-hybridized carbons (Fsp3) is 0.476. The van der Waals surface area contributed by atoms with E-state index in [9.17, 15) is 4.79 Å². The molecule has 0 saturated carbocycles. The minimum absolute atomic E-state index is 0.287. The molecule has 0 radical (unpaired) electrons. The lowest BCUT2D eigenvalue weighted by Crippen LogP contribution is -2.57. The maximum Gasteiger partial charge on any atom is 0.408 e. The van der Waals surface area contributed by atoms with Crippen molar-refractivity contribution in [2.75, 3.05) is 6.61 Å². The lowest BCUT2D eigenvalue weighted by atomic mass is 9.62. The molecular formula is C21H28N2O2. The van der Waals surface area contributed by atoms with Crippen molar-refractivity contribution < 1.29 is 9.53 Å². The Kier molecular flexibility index (Phi) is 4.63. The summed E-state index contributed by atoms with van der Waals surface area (Å²) in [5.74, 6) is 0.598. The van der Waals surface area contributed by atoms with Crippen LogP contribution in [0.15, 0.2) is 59.0 Å². The molecule has 0 fully saturated rings. The van der Waals surface area contributed by atoms with Crippen LogP contribution in [0.2, 0.25) is 0 Å². The van der Waals surface area contributed by atoms with Crippen LogP contribution in [-0.4, -0.2) is 18.2 Å². The first-order valence-electron chi connectivity index (χ1n) is 9.02. The third-order valence-corrected chi connectivity index (χ3v) is 5.07. The van der Waals surface area contributed by atoms with Crippen LogP contribution in [0.5, 0.6) is 0 Å². The minimum Gasteiger partial charge on any atom is -0.449 e. The van der Waals surface area contributed by atoms with Gasteiger partial charge in [-0.15, -0.1) is 0 Å². The fourth-order valence-electron chi connectivity index (χ4n) is 4.21. The summed E-state index contributed by atoms with van der Waals surface area (Å²) in [6.07, 6.45) is 9.85. The van der Waals surface area contributed by atoms with Crippen LogP contribution in [0.25, 0.3) is 0 Å². The van der Waals surface area contributed by atoms with Gasteiger partial charge in [-0.1, -0.05) is 44.2 Å². The maximum atomic E-state index is 12.6. The summed E-state index contributed by atoms with van der Waals surface area (Å²) < 4.78 is 5.44. The quantitative estimate of drug-likeness (QED) is 0.751. The van der Waals surface area contributed by atoms with Crippen molar-refractivity contribution in [3.05, 3.63) is 59.0 Å². The highest BCUT2D eigenvalue weighted by atomic mass is 16.5. The van der Waals surface area contributed by atoms with E-state index < -0.39 is 5.54 Å². The summed E-state index contributed by atoms with van der Waals surface area (Å²) in [7, 11) is 0. The van der Waals surface area contributed by atoms with Crippen LogP contribution in [0, 0.1) is 11.8 Å². The molecule has 0 aromatic heterocycles. The van der Waals surface area contributed by atoms with Crippen LogP contribution in [-0.2, 0) is 4.74 Å². The number of nitrogens with one attached hydrogen (secondary N) is 2. The molecule has 2 unspecified atom stereocenters. The van der Waals surface area contributed by atoms with Crippen molar-refractivity contribution in [3.8, 4) is 0 Å². The monoisotopic (exact) mass is 340 g/mol.